The predicted octanol–water partition coefficient (Wildman–Crippen LogP) is 2.74. The van der Waals surface area contributed by atoms with Crippen molar-refractivity contribution in [3.63, 3.8) is 0 Å². The Morgan fingerprint density at radius 1 is 1.20 bits per heavy atom. The van der Waals surface area contributed by atoms with Crippen LogP contribution in [0.1, 0.15) is 24.3 Å². The van der Waals surface area contributed by atoms with Crippen LogP contribution in [0.25, 0.3) is 10.4 Å². The van der Waals surface area contributed by atoms with E-state index in [0.29, 0.717) is 17.3 Å². The first kappa shape index (κ1) is 17.2. The van der Waals surface area contributed by atoms with Crippen molar-refractivity contribution in [1.82, 2.24) is 14.4 Å². The second-order valence-electron chi connectivity index (χ2n) is 6.97. The lowest BCUT2D eigenvalue weighted by Crippen LogP contribution is -2.48. The Labute approximate surface area is 152 Å². The summed E-state index contributed by atoms with van der Waals surface area (Å²) in [6.45, 7) is 7.67. The molecule has 3 heterocycles. The molecule has 4 rings (SSSR count). The van der Waals surface area contributed by atoms with Gasteiger partial charge in [-0.15, -0.1) is 11.3 Å². The van der Waals surface area contributed by atoms with Crippen LogP contribution in [0.2, 0.25) is 0 Å². The second-order valence-corrected chi connectivity index (χ2v) is 10.2. The lowest BCUT2D eigenvalue weighted by molar-refractivity contribution is 0.182. The molecule has 0 unspecified atom stereocenters. The number of sulfonamides is 1. The van der Waals surface area contributed by atoms with E-state index in [1.807, 2.05) is 19.9 Å². The molecular formula is C17H23N3O3S2. The van der Waals surface area contributed by atoms with Crippen LogP contribution in [0.4, 0.5) is 0 Å². The van der Waals surface area contributed by atoms with E-state index >= 15 is 0 Å². The fourth-order valence-electron chi connectivity index (χ4n) is 3.37. The summed E-state index contributed by atoms with van der Waals surface area (Å²) < 4.78 is 33.1. The Kier molecular flexibility index (Phi) is 4.47. The molecule has 2 aliphatic rings. The van der Waals surface area contributed by atoms with Crippen molar-refractivity contribution in [2.75, 3.05) is 32.7 Å². The largest absolute Gasteiger partial charge is 0.361 e. The van der Waals surface area contributed by atoms with Crippen LogP contribution in [-0.2, 0) is 10.0 Å². The number of aromatic nitrogens is 1. The highest BCUT2D eigenvalue weighted by atomic mass is 32.2. The molecule has 0 bridgehead atoms. The first-order valence-electron chi connectivity index (χ1n) is 8.71. The number of nitrogens with zero attached hydrogens (tertiary/aromatic N) is 3. The predicted molar refractivity (Wildman–Crippen MR) is 97.2 cm³/mol. The van der Waals surface area contributed by atoms with Crippen molar-refractivity contribution < 1.29 is 12.9 Å². The van der Waals surface area contributed by atoms with E-state index in [-0.39, 0.29) is 0 Å². The molecule has 0 atom stereocenters. The Morgan fingerprint density at radius 3 is 2.52 bits per heavy atom. The van der Waals surface area contributed by atoms with Gasteiger partial charge in [0.1, 0.15) is 9.97 Å². The minimum atomic E-state index is -3.42. The number of hydrogen-bond donors (Lipinski definition) is 0. The van der Waals surface area contributed by atoms with Crippen LogP contribution in [-0.4, -0.2) is 55.5 Å². The number of thiophene rings is 1. The van der Waals surface area contributed by atoms with Crippen molar-refractivity contribution in [2.45, 2.75) is 30.9 Å². The highest BCUT2D eigenvalue weighted by Gasteiger charge is 2.32. The minimum absolute atomic E-state index is 0.401. The fourth-order valence-corrected chi connectivity index (χ4v) is 6.40. The molecule has 2 aromatic heterocycles. The van der Waals surface area contributed by atoms with Gasteiger partial charge in [0.15, 0.2) is 0 Å². The van der Waals surface area contributed by atoms with Crippen molar-refractivity contribution in [2.24, 2.45) is 5.92 Å². The van der Waals surface area contributed by atoms with Crippen LogP contribution in [0, 0.1) is 19.8 Å². The molecule has 8 heteroatoms. The molecule has 1 aliphatic heterocycles. The van der Waals surface area contributed by atoms with E-state index in [4.69, 9.17) is 4.52 Å². The first-order valence-corrected chi connectivity index (χ1v) is 11.0. The summed E-state index contributed by atoms with van der Waals surface area (Å²) in [4.78, 5) is 3.29. The van der Waals surface area contributed by atoms with E-state index in [0.717, 1.165) is 47.4 Å². The van der Waals surface area contributed by atoms with E-state index in [9.17, 15) is 8.42 Å². The van der Waals surface area contributed by atoms with Gasteiger partial charge in [0.2, 0.25) is 0 Å². The van der Waals surface area contributed by atoms with Crippen LogP contribution < -0.4 is 0 Å². The van der Waals surface area contributed by atoms with Crippen molar-refractivity contribution in [1.29, 1.82) is 0 Å². The molecular weight excluding hydrogens is 358 g/mol. The third-order valence-electron chi connectivity index (χ3n) is 5.00. The lowest BCUT2D eigenvalue weighted by atomic mass is 10.2. The average Bonchev–Trinajstić information content (AvgIpc) is 3.14. The van der Waals surface area contributed by atoms with Gasteiger partial charge in [-0.1, -0.05) is 5.16 Å². The summed E-state index contributed by atoms with van der Waals surface area (Å²) in [7, 11) is -3.42. The molecule has 2 fully saturated rings. The lowest BCUT2D eigenvalue weighted by Gasteiger charge is -2.33. The molecule has 0 spiro atoms. The number of piperazine rings is 1. The molecule has 0 N–H and O–H groups in total. The molecule has 6 nitrogen and oxygen atoms in total. The number of aryl methyl sites for hydroxylation is 2. The second kappa shape index (κ2) is 6.50. The molecule has 1 saturated heterocycles. The monoisotopic (exact) mass is 381 g/mol. The third kappa shape index (κ3) is 3.40. The summed E-state index contributed by atoms with van der Waals surface area (Å²) in [5, 5.41) is 3.96. The zero-order valence-electron chi connectivity index (χ0n) is 14.6. The van der Waals surface area contributed by atoms with Crippen LogP contribution in [0.15, 0.2) is 20.9 Å². The molecule has 1 saturated carbocycles. The molecule has 2 aromatic rings. The van der Waals surface area contributed by atoms with Gasteiger partial charge < -0.3 is 9.42 Å². The fraction of sp³-hybridized carbons (Fsp3) is 0.588. The van der Waals surface area contributed by atoms with Crippen molar-refractivity contribution >= 4 is 21.4 Å². The van der Waals surface area contributed by atoms with Crippen LogP contribution in [0.5, 0.6) is 0 Å². The quantitative estimate of drug-likeness (QED) is 0.797. The third-order valence-corrected chi connectivity index (χ3v) is 8.47. The van der Waals surface area contributed by atoms with Gasteiger partial charge in [-0.05, 0) is 44.7 Å². The molecule has 0 amide bonds. The topological polar surface area (TPSA) is 66.7 Å². The Balaban J connectivity index is 1.49. The van der Waals surface area contributed by atoms with Gasteiger partial charge in [0.25, 0.3) is 10.0 Å². The number of rotatable bonds is 5. The van der Waals surface area contributed by atoms with Gasteiger partial charge in [0.05, 0.1) is 11.3 Å². The maximum Gasteiger partial charge on any atom is 0.252 e. The van der Waals surface area contributed by atoms with E-state index in [1.165, 1.54) is 24.2 Å². The van der Waals surface area contributed by atoms with Gasteiger partial charge in [0, 0.05) is 37.6 Å². The summed E-state index contributed by atoms with van der Waals surface area (Å²) in [5.41, 5.74) is 1.69. The first-order chi connectivity index (χ1) is 11.9. The molecule has 1 aliphatic carbocycles. The Hall–Kier alpha value is -1.22. The highest BCUT2D eigenvalue weighted by molar-refractivity contribution is 7.91. The molecule has 25 heavy (non-hydrogen) atoms. The number of hydrogen-bond acceptors (Lipinski definition) is 6. The Morgan fingerprint density at radius 2 is 1.92 bits per heavy atom. The van der Waals surface area contributed by atoms with Gasteiger partial charge in [-0.2, -0.15) is 4.31 Å². The standard InChI is InChI=1S/C17H23N3O3S2/c1-12-17(13(2)23-18-12)15-5-6-16(24-15)25(21,22)20-9-7-19(8-10-20)11-14-3-4-14/h5-6,14H,3-4,7-11H2,1-2H3. The van der Waals surface area contributed by atoms with E-state index in [2.05, 4.69) is 10.1 Å². The average molecular weight is 382 g/mol. The van der Waals surface area contributed by atoms with E-state index < -0.39 is 10.0 Å². The summed E-state index contributed by atoms with van der Waals surface area (Å²) in [6.07, 6.45) is 2.66. The highest BCUT2D eigenvalue weighted by Crippen LogP contribution is 2.36. The summed E-state index contributed by atoms with van der Waals surface area (Å²) >= 11 is 1.30. The smallest absolute Gasteiger partial charge is 0.252 e. The van der Waals surface area contributed by atoms with Gasteiger partial charge in [-0.25, -0.2) is 8.42 Å². The maximum atomic E-state index is 13.0. The van der Waals surface area contributed by atoms with Gasteiger partial charge in [-0.3, -0.25) is 0 Å². The van der Waals surface area contributed by atoms with E-state index in [1.54, 1.807) is 10.4 Å². The van der Waals surface area contributed by atoms with Crippen molar-refractivity contribution in [3.8, 4) is 10.4 Å². The summed E-state index contributed by atoms with van der Waals surface area (Å²) in [5.74, 6) is 1.56. The zero-order valence-corrected chi connectivity index (χ0v) is 16.2. The van der Waals surface area contributed by atoms with Crippen LogP contribution >= 0.6 is 11.3 Å². The van der Waals surface area contributed by atoms with Gasteiger partial charge >= 0.3 is 0 Å². The molecule has 0 radical (unpaired) electrons. The normalized spacial score (nSPS) is 20.2. The SMILES string of the molecule is Cc1noc(C)c1-c1ccc(S(=O)(=O)N2CCN(CC3CC3)CC2)s1. The van der Waals surface area contributed by atoms with Crippen LogP contribution in [0.3, 0.4) is 0 Å². The van der Waals surface area contributed by atoms with Crippen molar-refractivity contribution in [3.05, 3.63) is 23.6 Å². The molecule has 136 valence electrons. The molecule has 0 aromatic carbocycles. The zero-order chi connectivity index (χ0) is 17.6. The summed E-state index contributed by atoms with van der Waals surface area (Å²) in [6, 6.07) is 3.56. The minimum Gasteiger partial charge on any atom is -0.361 e. The Bertz CT molecular complexity index is 840. The maximum absolute atomic E-state index is 13.0.